The highest BCUT2D eigenvalue weighted by Gasteiger charge is 2.04. The summed E-state index contributed by atoms with van der Waals surface area (Å²) in [6.07, 6.45) is -1.79. The molecule has 7 heteroatoms. The molecule has 0 radical (unpaired) electrons. The summed E-state index contributed by atoms with van der Waals surface area (Å²) in [5, 5.41) is 16.1. The Morgan fingerprint density at radius 2 is 1.89 bits per heavy atom. The van der Waals surface area contributed by atoms with Gasteiger partial charge in [0.15, 0.2) is 6.29 Å². The maximum absolute atomic E-state index is 9.76. The highest BCUT2D eigenvalue weighted by Crippen LogP contribution is 1.74. The van der Waals surface area contributed by atoms with Crippen LogP contribution in [0.3, 0.4) is 0 Å². The summed E-state index contributed by atoms with van der Waals surface area (Å²) < 4.78 is 28.9. The van der Waals surface area contributed by atoms with Gasteiger partial charge in [-0.1, -0.05) is 0 Å². The van der Waals surface area contributed by atoms with Crippen molar-refractivity contribution in [2.75, 3.05) is 6.54 Å². The molecule has 0 fully saturated rings. The van der Waals surface area contributed by atoms with Gasteiger partial charge in [-0.15, -0.1) is 0 Å². The molecule has 0 saturated carbocycles. The Hall–Kier alpha value is -0.210. The van der Waals surface area contributed by atoms with E-state index in [4.69, 9.17) is 14.8 Å². The van der Waals surface area contributed by atoms with Crippen molar-refractivity contribution < 1.29 is 23.2 Å². The van der Waals surface area contributed by atoms with E-state index in [1.54, 1.807) is 0 Å². The van der Waals surface area contributed by atoms with E-state index in [0.717, 1.165) is 0 Å². The highest BCUT2D eigenvalue weighted by atomic mass is 32.2. The van der Waals surface area contributed by atoms with Gasteiger partial charge in [-0.2, -0.15) is 13.1 Å². The molecule has 0 saturated heterocycles. The number of aliphatic hydroxyl groups is 2. The first-order valence-corrected chi connectivity index (χ1v) is 3.44. The second kappa shape index (κ2) is 3.08. The monoisotopic (exact) mass is 157 g/mol. The fourth-order valence-electron chi connectivity index (χ4n) is 0.180. The molecule has 0 atom stereocenters. The first kappa shape index (κ1) is 8.79. The second-order valence-electron chi connectivity index (χ2n) is 1.30. The Balaban J connectivity index is 3.53. The average molecular weight is 157 g/mol. The van der Waals surface area contributed by atoms with E-state index in [1.165, 1.54) is 4.72 Å². The molecule has 6 nitrogen and oxygen atoms in total. The summed E-state index contributed by atoms with van der Waals surface area (Å²) in [5.41, 5.74) is 0. The average Bonchev–Trinajstić information content (AvgIpc) is 1.59. The lowest BCUT2D eigenvalue weighted by Gasteiger charge is -2.00. The standard InChI is InChI=1S/C2H7NO5S/c4-2(5)1-3-9(6,7)8/h2-5H,1H2,(H,6,7,8). The normalized spacial score (nSPS) is 12.4. The maximum Gasteiger partial charge on any atom is 0.333 e. The van der Waals surface area contributed by atoms with Gasteiger partial charge in [0, 0.05) is 0 Å². The number of hydrogen-bond acceptors (Lipinski definition) is 4. The fraction of sp³-hybridized carbons (Fsp3) is 1.00. The van der Waals surface area contributed by atoms with Crippen molar-refractivity contribution >= 4 is 10.3 Å². The number of aliphatic hydroxyl groups excluding tert-OH is 1. The number of nitrogens with one attached hydrogen (secondary N) is 1. The van der Waals surface area contributed by atoms with Crippen LogP contribution in [0.5, 0.6) is 0 Å². The lowest BCUT2D eigenvalue weighted by Crippen LogP contribution is -2.31. The highest BCUT2D eigenvalue weighted by molar-refractivity contribution is 7.83. The predicted molar refractivity (Wildman–Crippen MR) is 27.8 cm³/mol. The van der Waals surface area contributed by atoms with Crippen LogP contribution in [-0.4, -0.2) is 36.0 Å². The van der Waals surface area contributed by atoms with Gasteiger partial charge in [-0.05, 0) is 0 Å². The third kappa shape index (κ3) is 7.79. The van der Waals surface area contributed by atoms with Crippen molar-refractivity contribution in [3.05, 3.63) is 0 Å². The minimum Gasteiger partial charge on any atom is -0.367 e. The Labute approximate surface area is 52.0 Å². The van der Waals surface area contributed by atoms with Crippen LogP contribution >= 0.6 is 0 Å². The number of hydrogen-bond donors (Lipinski definition) is 4. The maximum atomic E-state index is 9.76. The van der Waals surface area contributed by atoms with Crippen LogP contribution in [0.4, 0.5) is 0 Å². The predicted octanol–water partition coefficient (Wildman–Crippen LogP) is -2.31. The molecule has 0 heterocycles. The van der Waals surface area contributed by atoms with E-state index in [2.05, 4.69) is 0 Å². The van der Waals surface area contributed by atoms with Gasteiger partial charge in [0.1, 0.15) is 0 Å². The van der Waals surface area contributed by atoms with E-state index in [1.807, 2.05) is 0 Å². The first-order chi connectivity index (χ1) is 3.92. The van der Waals surface area contributed by atoms with E-state index >= 15 is 0 Å². The van der Waals surface area contributed by atoms with Gasteiger partial charge < -0.3 is 10.2 Å². The molecule has 9 heavy (non-hydrogen) atoms. The summed E-state index contributed by atoms with van der Waals surface area (Å²) in [6, 6.07) is 0. The molecule has 0 spiro atoms. The summed E-state index contributed by atoms with van der Waals surface area (Å²) in [6.45, 7) is -0.612. The van der Waals surface area contributed by atoms with Crippen LogP contribution in [0.15, 0.2) is 0 Å². The van der Waals surface area contributed by atoms with Crippen LogP contribution in [0, 0.1) is 0 Å². The zero-order valence-corrected chi connectivity index (χ0v) is 5.17. The summed E-state index contributed by atoms with van der Waals surface area (Å²) in [4.78, 5) is 0. The second-order valence-corrected chi connectivity index (χ2v) is 2.54. The summed E-state index contributed by atoms with van der Waals surface area (Å²) in [5.74, 6) is 0. The van der Waals surface area contributed by atoms with E-state index in [-0.39, 0.29) is 0 Å². The van der Waals surface area contributed by atoms with Gasteiger partial charge >= 0.3 is 10.3 Å². The Morgan fingerprint density at radius 1 is 1.44 bits per heavy atom. The van der Waals surface area contributed by atoms with Gasteiger partial charge in [-0.25, -0.2) is 0 Å². The lowest BCUT2D eigenvalue weighted by atomic mass is 10.7. The molecular weight excluding hydrogens is 150 g/mol. The minimum atomic E-state index is -4.29. The number of rotatable bonds is 3. The van der Waals surface area contributed by atoms with Crippen molar-refractivity contribution in [2.24, 2.45) is 0 Å². The van der Waals surface area contributed by atoms with Crippen molar-refractivity contribution in [2.45, 2.75) is 6.29 Å². The van der Waals surface area contributed by atoms with Crippen molar-refractivity contribution in [1.82, 2.24) is 4.72 Å². The Bertz CT molecular complexity index is 160. The molecule has 0 bridgehead atoms. The van der Waals surface area contributed by atoms with Gasteiger partial charge in [0.05, 0.1) is 6.54 Å². The Morgan fingerprint density at radius 3 is 2.00 bits per heavy atom. The molecule has 0 rings (SSSR count). The molecule has 0 aliphatic heterocycles. The first-order valence-electron chi connectivity index (χ1n) is 2.00. The van der Waals surface area contributed by atoms with Gasteiger partial charge in [-0.3, -0.25) is 4.55 Å². The van der Waals surface area contributed by atoms with Crippen molar-refractivity contribution in [3.63, 3.8) is 0 Å². The van der Waals surface area contributed by atoms with Crippen LogP contribution in [-0.2, 0) is 10.3 Å². The molecule has 56 valence electrons. The molecule has 0 aromatic heterocycles. The minimum absolute atomic E-state index is 0.612. The quantitative estimate of drug-likeness (QED) is 0.272. The molecular formula is C2H7NO5S. The zero-order valence-electron chi connectivity index (χ0n) is 4.35. The molecule has 0 aliphatic carbocycles. The van der Waals surface area contributed by atoms with E-state index < -0.39 is 23.1 Å². The topological polar surface area (TPSA) is 107 Å². The van der Waals surface area contributed by atoms with Crippen LogP contribution < -0.4 is 4.72 Å². The SMILES string of the molecule is O=S(=O)(O)NCC(O)O. The van der Waals surface area contributed by atoms with Gasteiger partial charge in [0.2, 0.25) is 0 Å². The van der Waals surface area contributed by atoms with Crippen LogP contribution in [0.25, 0.3) is 0 Å². The summed E-state index contributed by atoms with van der Waals surface area (Å²) >= 11 is 0. The van der Waals surface area contributed by atoms with Crippen LogP contribution in [0.2, 0.25) is 0 Å². The third-order valence-electron chi connectivity index (χ3n) is 0.448. The largest absolute Gasteiger partial charge is 0.367 e. The molecule has 0 unspecified atom stereocenters. The fourth-order valence-corrected chi connectivity index (χ4v) is 0.540. The van der Waals surface area contributed by atoms with Crippen LogP contribution in [0.1, 0.15) is 0 Å². The summed E-state index contributed by atoms with van der Waals surface area (Å²) in [7, 11) is -4.29. The molecule has 0 aliphatic rings. The van der Waals surface area contributed by atoms with Crippen molar-refractivity contribution in [1.29, 1.82) is 0 Å². The van der Waals surface area contributed by atoms with Gasteiger partial charge in [0.25, 0.3) is 0 Å². The van der Waals surface area contributed by atoms with E-state index in [0.29, 0.717) is 0 Å². The van der Waals surface area contributed by atoms with Crippen molar-refractivity contribution in [3.8, 4) is 0 Å². The van der Waals surface area contributed by atoms with E-state index in [9.17, 15) is 8.42 Å². The Kier molecular flexibility index (Phi) is 3.01. The molecule has 4 N–H and O–H groups in total. The lowest BCUT2D eigenvalue weighted by molar-refractivity contribution is -0.0339. The molecule has 0 aromatic carbocycles. The molecule has 0 aromatic rings. The molecule has 0 amide bonds. The zero-order chi connectivity index (χ0) is 7.49. The smallest absolute Gasteiger partial charge is 0.333 e. The third-order valence-corrected chi connectivity index (χ3v) is 0.980.